The SMILES string of the molecule is CCN1CCCC1Cc1ncc2n1C(O)CCC2. The molecule has 100 valence electrons. The fourth-order valence-corrected chi connectivity index (χ4v) is 3.49. The first-order valence-corrected chi connectivity index (χ1v) is 7.26. The fraction of sp³-hybridized carbons (Fsp3) is 0.786. The Hall–Kier alpha value is -0.870. The Bertz CT molecular complexity index is 415. The lowest BCUT2D eigenvalue weighted by atomic mass is 10.1. The predicted molar refractivity (Wildman–Crippen MR) is 70.4 cm³/mol. The number of rotatable bonds is 3. The molecule has 4 nitrogen and oxygen atoms in total. The topological polar surface area (TPSA) is 41.3 Å². The molecular weight excluding hydrogens is 226 g/mol. The van der Waals surface area contributed by atoms with Gasteiger partial charge in [0.05, 0.1) is 0 Å². The molecular formula is C14H23N3O. The van der Waals surface area contributed by atoms with Gasteiger partial charge in [0.2, 0.25) is 0 Å². The molecule has 0 spiro atoms. The van der Waals surface area contributed by atoms with E-state index in [1.807, 2.05) is 6.20 Å². The minimum Gasteiger partial charge on any atom is -0.373 e. The van der Waals surface area contributed by atoms with E-state index in [0.717, 1.165) is 38.1 Å². The van der Waals surface area contributed by atoms with E-state index in [9.17, 15) is 5.11 Å². The second kappa shape index (κ2) is 5.02. The lowest BCUT2D eigenvalue weighted by Gasteiger charge is -2.26. The monoisotopic (exact) mass is 249 g/mol. The summed E-state index contributed by atoms with van der Waals surface area (Å²) in [5.41, 5.74) is 1.21. The zero-order valence-corrected chi connectivity index (χ0v) is 11.2. The summed E-state index contributed by atoms with van der Waals surface area (Å²) in [6, 6.07) is 0.621. The molecule has 1 saturated heterocycles. The van der Waals surface area contributed by atoms with E-state index in [0.29, 0.717) is 6.04 Å². The summed E-state index contributed by atoms with van der Waals surface area (Å²) in [6.07, 6.45) is 8.19. The van der Waals surface area contributed by atoms with Crippen LogP contribution in [0.1, 0.15) is 50.4 Å². The van der Waals surface area contributed by atoms with Crippen molar-refractivity contribution in [2.24, 2.45) is 0 Å². The van der Waals surface area contributed by atoms with E-state index < -0.39 is 0 Å². The van der Waals surface area contributed by atoms with Crippen molar-refractivity contribution >= 4 is 0 Å². The largest absolute Gasteiger partial charge is 0.373 e. The Morgan fingerprint density at radius 2 is 2.28 bits per heavy atom. The number of likely N-dealkylation sites (tertiary alicyclic amines) is 1. The number of aryl methyl sites for hydroxylation is 1. The Balaban J connectivity index is 1.79. The third kappa shape index (κ3) is 2.08. The number of aliphatic hydroxyl groups is 1. The zero-order chi connectivity index (χ0) is 12.5. The lowest BCUT2D eigenvalue weighted by molar-refractivity contribution is 0.0746. The summed E-state index contributed by atoms with van der Waals surface area (Å²) in [5.74, 6) is 1.09. The maximum absolute atomic E-state index is 10.1. The highest BCUT2D eigenvalue weighted by molar-refractivity contribution is 5.10. The molecule has 3 heterocycles. The van der Waals surface area contributed by atoms with Gasteiger partial charge in [-0.25, -0.2) is 4.98 Å². The van der Waals surface area contributed by atoms with Crippen LogP contribution in [0.4, 0.5) is 0 Å². The Morgan fingerprint density at radius 1 is 1.39 bits per heavy atom. The minimum absolute atomic E-state index is 0.345. The van der Waals surface area contributed by atoms with Gasteiger partial charge in [0.15, 0.2) is 0 Å². The minimum atomic E-state index is -0.345. The van der Waals surface area contributed by atoms with Crippen LogP contribution in [0.25, 0.3) is 0 Å². The van der Waals surface area contributed by atoms with Crippen LogP contribution in [0.5, 0.6) is 0 Å². The molecule has 0 radical (unpaired) electrons. The van der Waals surface area contributed by atoms with Crippen LogP contribution >= 0.6 is 0 Å². The molecule has 18 heavy (non-hydrogen) atoms. The van der Waals surface area contributed by atoms with E-state index >= 15 is 0 Å². The van der Waals surface area contributed by atoms with Gasteiger partial charge in [0.25, 0.3) is 0 Å². The highest BCUT2D eigenvalue weighted by Gasteiger charge is 2.27. The highest BCUT2D eigenvalue weighted by atomic mass is 16.3. The molecule has 1 aromatic rings. The highest BCUT2D eigenvalue weighted by Crippen LogP contribution is 2.27. The molecule has 2 aliphatic rings. The summed E-state index contributed by atoms with van der Waals surface area (Å²) < 4.78 is 2.08. The molecule has 0 saturated carbocycles. The first-order chi connectivity index (χ1) is 8.79. The number of aliphatic hydroxyl groups excluding tert-OH is 1. The summed E-state index contributed by atoms with van der Waals surface area (Å²) in [5, 5.41) is 10.1. The molecule has 1 N–H and O–H groups in total. The van der Waals surface area contributed by atoms with Gasteiger partial charge >= 0.3 is 0 Å². The van der Waals surface area contributed by atoms with Crippen molar-refractivity contribution in [3.63, 3.8) is 0 Å². The summed E-state index contributed by atoms with van der Waals surface area (Å²) in [6.45, 7) is 4.58. The molecule has 0 bridgehead atoms. The zero-order valence-electron chi connectivity index (χ0n) is 11.2. The second-order valence-corrected chi connectivity index (χ2v) is 5.54. The van der Waals surface area contributed by atoms with Crippen LogP contribution in [0, 0.1) is 0 Å². The Morgan fingerprint density at radius 3 is 3.11 bits per heavy atom. The average Bonchev–Trinajstić information content (AvgIpc) is 2.97. The maximum Gasteiger partial charge on any atom is 0.132 e. The summed E-state index contributed by atoms with van der Waals surface area (Å²) in [7, 11) is 0. The molecule has 1 fully saturated rings. The Labute approximate surface area is 109 Å². The van der Waals surface area contributed by atoms with Crippen LogP contribution in [0.2, 0.25) is 0 Å². The van der Waals surface area contributed by atoms with Gasteiger partial charge in [-0.15, -0.1) is 0 Å². The number of aromatic nitrogens is 2. The summed E-state index contributed by atoms with van der Waals surface area (Å²) in [4.78, 5) is 7.10. The van der Waals surface area contributed by atoms with Crippen LogP contribution in [-0.4, -0.2) is 38.7 Å². The quantitative estimate of drug-likeness (QED) is 0.887. The van der Waals surface area contributed by atoms with Crippen molar-refractivity contribution in [2.45, 2.75) is 57.7 Å². The average molecular weight is 249 g/mol. The van der Waals surface area contributed by atoms with E-state index in [4.69, 9.17) is 0 Å². The smallest absolute Gasteiger partial charge is 0.132 e. The van der Waals surface area contributed by atoms with E-state index in [-0.39, 0.29) is 6.23 Å². The molecule has 2 unspecified atom stereocenters. The molecule has 0 amide bonds. The Kier molecular flexibility index (Phi) is 3.39. The van der Waals surface area contributed by atoms with E-state index in [1.165, 1.54) is 25.1 Å². The van der Waals surface area contributed by atoms with Crippen molar-refractivity contribution in [3.05, 3.63) is 17.7 Å². The van der Waals surface area contributed by atoms with Crippen molar-refractivity contribution in [1.29, 1.82) is 0 Å². The van der Waals surface area contributed by atoms with Gasteiger partial charge in [-0.2, -0.15) is 0 Å². The van der Waals surface area contributed by atoms with Crippen molar-refractivity contribution in [2.75, 3.05) is 13.1 Å². The third-order valence-electron chi connectivity index (χ3n) is 4.47. The number of nitrogens with zero attached hydrogens (tertiary/aromatic N) is 3. The molecule has 4 heteroatoms. The fourth-order valence-electron chi connectivity index (χ4n) is 3.49. The van der Waals surface area contributed by atoms with Crippen LogP contribution in [0.15, 0.2) is 6.20 Å². The van der Waals surface area contributed by atoms with Crippen molar-refractivity contribution < 1.29 is 5.11 Å². The van der Waals surface area contributed by atoms with E-state index in [1.54, 1.807) is 0 Å². The normalized spacial score (nSPS) is 28.6. The van der Waals surface area contributed by atoms with Crippen LogP contribution in [0.3, 0.4) is 0 Å². The molecule has 0 aromatic carbocycles. The predicted octanol–water partition coefficient (Wildman–Crippen LogP) is 1.74. The molecule has 1 aromatic heterocycles. The standard InChI is InChI=1S/C14H23N3O/c1-2-16-8-4-6-11(16)9-13-15-10-12-5-3-7-14(18)17(12)13/h10-11,14,18H,2-9H2,1H3. The number of fused-ring (bicyclic) bond motifs is 1. The molecule has 0 aliphatic carbocycles. The van der Waals surface area contributed by atoms with E-state index in [2.05, 4.69) is 21.4 Å². The van der Waals surface area contributed by atoms with Gasteiger partial charge in [-0.05, 0) is 45.2 Å². The first kappa shape index (κ1) is 12.2. The molecule has 2 atom stereocenters. The lowest BCUT2D eigenvalue weighted by Crippen LogP contribution is -2.32. The van der Waals surface area contributed by atoms with Gasteiger partial charge in [-0.1, -0.05) is 6.92 Å². The number of hydrogen-bond donors (Lipinski definition) is 1. The third-order valence-corrected chi connectivity index (χ3v) is 4.47. The van der Waals surface area contributed by atoms with Crippen molar-refractivity contribution in [1.82, 2.24) is 14.5 Å². The maximum atomic E-state index is 10.1. The van der Waals surface area contributed by atoms with Gasteiger partial charge in [0, 0.05) is 24.4 Å². The number of hydrogen-bond acceptors (Lipinski definition) is 3. The summed E-state index contributed by atoms with van der Waals surface area (Å²) >= 11 is 0. The molecule has 3 rings (SSSR count). The number of imidazole rings is 1. The second-order valence-electron chi connectivity index (χ2n) is 5.54. The number of likely N-dealkylation sites (N-methyl/N-ethyl adjacent to an activating group) is 1. The van der Waals surface area contributed by atoms with Gasteiger partial charge in [0.1, 0.15) is 12.1 Å². The van der Waals surface area contributed by atoms with Crippen LogP contribution < -0.4 is 0 Å². The first-order valence-electron chi connectivity index (χ1n) is 7.26. The van der Waals surface area contributed by atoms with Crippen LogP contribution in [-0.2, 0) is 12.8 Å². The molecule has 2 aliphatic heterocycles. The van der Waals surface area contributed by atoms with Gasteiger partial charge in [-0.3, -0.25) is 0 Å². The van der Waals surface area contributed by atoms with Crippen molar-refractivity contribution in [3.8, 4) is 0 Å². The van der Waals surface area contributed by atoms with Gasteiger partial charge < -0.3 is 14.6 Å².